The highest BCUT2D eigenvalue weighted by atomic mass is 35.5. The summed E-state index contributed by atoms with van der Waals surface area (Å²) in [6, 6.07) is 11.3. The first-order valence-corrected chi connectivity index (χ1v) is 13.0. The normalized spacial score (nSPS) is 12.0. The first kappa shape index (κ1) is 27.9. The van der Waals surface area contributed by atoms with Gasteiger partial charge in [0.2, 0.25) is 0 Å². The first-order valence-electron chi connectivity index (χ1n) is 11.5. The number of carbonyl (C=O) groups excluding carboxylic acids is 1. The standard InChI is InChI=1S/C18H20Cl2N2O4S.C8H8O/c1-9(2)26-14(18(24)25)6-7-21-16(23)15-10(3)27-17(22-15)12-5-4-11(19)8-13(12)20;1-2-9-8-5-6-3-4-7(6)8/h4-5,8-9,14H,6-7H2,1-3H3,(H,21,23)(H,24,25);3-5H,2H2,1H3. The van der Waals surface area contributed by atoms with Crippen LogP contribution in [-0.4, -0.2) is 47.3 Å². The Bertz CT molecular complexity index is 1340. The molecule has 2 aliphatic carbocycles. The van der Waals surface area contributed by atoms with Crippen LogP contribution in [0.25, 0.3) is 10.6 Å². The van der Waals surface area contributed by atoms with E-state index in [1.807, 2.05) is 6.92 Å². The fourth-order valence-electron chi connectivity index (χ4n) is 3.39. The van der Waals surface area contributed by atoms with Crippen LogP contribution in [0.2, 0.25) is 10.0 Å². The molecule has 1 heterocycles. The minimum absolute atomic E-state index is 0.163. The van der Waals surface area contributed by atoms with Crippen LogP contribution < -0.4 is 10.1 Å². The number of halogens is 2. The highest BCUT2D eigenvalue weighted by molar-refractivity contribution is 7.15. The van der Waals surface area contributed by atoms with Crippen molar-refractivity contribution in [1.29, 1.82) is 0 Å². The summed E-state index contributed by atoms with van der Waals surface area (Å²) >= 11 is 13.5. The van der Waals surface area contributed by atoms with Gasteiger partial charge in [0.1, 0.15) is 16.5 Å². The van der Waals surface area contributed by atoms with Gasteiger partial charge in [0.05, 0.1) is 17.7 Å². The minimum atomic E-state index is -1.05. The van der Waals surface area contributed by atoms with Crippen molar-refractivity contribution in [1.82, 2.24) is 10.3 Å². The summed E-state index contributed by atoms with van der Waals surface area (Å²) in [4.78, 5) is 28.7. The van der Waals surface area contributed by atoms with Crippen LogP contribution >= 0.6 is 34.5 Å². The second-order valence-corrected chi connectivity index (χ2v) is 10.3. The van der Waals surface area contributed by atoms with Crippen LogP contribution in [0.5, 0.6) is 5.75 Å². The number of rotatable bonds is 10. The highest BCUT2D eigenvalue weighted by Gasteiger charge is 2.21. The third-order valence-electron chi connectivity index (χ3n) is 5.17. The number of carboxylic acids is 1. The molecule has 10 heteroatoms. The number of hydrogen-bond donors (Lipinski definition) is 2. The van der Waals surface area contributed by atoms with E-state index in [2.05, 4.69) is 28.5 Å². The van der Waals surface area contributed by atoms with Crippen molar-refractivity contribution in [2.75, 3.05) is 13.2 Å². The zero-order valence-electron chi connectivity index (χ0n) is 20.4. The summed E-state index contributed by atoms with van der Waals surface area (Å²) in [6.45, 7) is 8.25. The predicted molar refractivity (Wildman–Crippen MR) is 142 cm³/mol. The lowest BCUT2D eigenvalue weighted by atomic mass is 10.1. The quantitative estimate of drug-likeness (QED) is 0.247. The maximum Gasteiger partial charge on any atom is 0.332 e. The SMILES string of the molecule is CCOc1cc2ccc1=2.Cc1sc(-c2ccc(Cl)cc2Cl)nc1C(=O)NCCC(OC(C)C)C(=O)O. The number of carbonyl (C=O) groups is 2. The van der Waals surface area contributed by atoms with Crippen LogP contribution in [0.4, 0.5) is 0 Å². The fourth-order valence-corrected chi connectivity index (χ4v) is 4.90. The van der Waals surface area contributed by atoms with Crippen LogP contribution in [0, 0.1) is 17.4 Å². The fraction of sp³-hybridized carbons (Fsp3) is 0.346. The lowest BCUT2D eigenvalue weighted by molar-refractivity contribution is -0.153. The number of amides is 1. The molecule has 0 fully saturated rings. The molecule has 2 N–H and O–H groups in total. The number of aryl methyl sites for hydroxylation is 1. The summed E-state index contributed by atoms with van der Waals surface area (Å²) in [6.07, 6.45) is -1.02. The van der Waals surface area contributed by atoms with Crippen molar-refractivity contribution < 1.29 is 24.2 Å². The molecule has 0 saturated carbocycles. The Labute approximate surface area is 223 Å². The summed E-state index contributed by atoms with van der Waals surface area (Å²) in [5.74, 6) is -0.355. The van der Waals surface area contributed by atoms with E-state index in [0.29, 0.717) is 20.6 Å². The lowest BCUT2D eigenvalue weighted by Crippen LogP contribution is -2.33. The largest absolute Gasteiger partial charge is 0.493 e. The molecule has 36 heavy (non-hydrogen) atoms. The Morgan fingerprint density at radius 1 is 1.17 bits per heavy atom. The zero-order chi connectivity index (χ0) is 26.4. The van der Waals surface area contributed by atoms with E-state index in [4.69, 9.17) is 37.8 Å². The molecule has 0 spiro atoms. The van der Waals surface area contributed by atoms with E-state index in [9.17, 15) is 9.59 Å². The number of thiazole rings is 1. The number of carboxylic acid groups (broad SMARTS) is 1. The number of aromatic nitrogens is 1. The third kappa shape index (κ3) is 6.97. The number of aliphatic carboxylic acids is 1. The summed E-state index contributed by atoms with van der Waals surface area (Å²) < 4.78 is 10.6. The van der Waals surface area contributed by atoms with Gasteiger partial charge in [-0.3, -0.25) is 4.79 Å². The van der Waals surface area contributed by atoms with Gasteiger partial charge in [-0.05, 0) is 57.2 Å². The molecule has 0 bridgehead atoms. The van der Waals surface area contributed by atoms with Crippen LogP contribution in [0.15, 0.2) is 36.4 Å². The van der Waals surface area contributed by atoms with Crippen molar-refractivity contribution in [3.05, 3.63) is 67.5 Å². The van der Waals surface area contributed by atoms with Gasteiger partial charge in [-0.15, -0.1) is 11.3 Å². The van der Waals surface area contributed by atoms with Gasteiger partial charge in [0.25, 0.3) is 5.91 Å². The Hall–Kier alpha value is -2.65. The van der Waals surface area contributed by atoms with Crippen LogP contribution in [0.3, 0.4) is 0 Å². The Morgan fingerprint density at radius 2 is 1.92 bits per heavy atom. The second-order valence-electron chi connectivity index (χ2n) is 8.25. The molecule has 2 aliphatic rings. The first-order chi connectivity index (χ1) is 17.1. The van der Waals surface area contributed by atoms with E-state index in [1.54, 1.807) is 39.0 Å². The summed E-state index contributed by atoms with van der Waals surface area (Å²) in [5, 5.41) is 16.1. The van der Waals surface area contributed by atoms with E-state index in [0.717, 1.165) is 17.2 Å². The number of benzene rings is 2. The van der Waals surface area contributed by atoms with Crippen LogP contribution in [0.1, 0.15) is 42.6 Å². The maximum atomic E-state index is 12.4. The molecule has 0 aliphatic heterocycles. The molecule has 1 amide bonds. The predicted octanol–water partition coefficient (Wildman–Crippen LogP) is 6.11. The van der Waals surface area contributed by atoms with Crippen molar-refractivity contribution >= 4 is 46.4 Å². The van der Waals surface area contributed by atoms with Crippen molar-refractivity contribution in [2.24, 2.45) is 0 Å². The van der Waals surface area contributed by atoms with E-state index in [-0.39, 0.29) is 30.7 Å². The van der Waals surface area contributed by atoms with Crippen molar-refractivity contribution in [3.63, 3.8) is 0 Å². The smallest absolute Gasteiger partial charge is 0.332 e. The second kappa shape index (κ2) is 12.5. The maximum absolute atomic E-state index is 12.4. The minimum Gasteiger partial charge on any atom is -0.493 e. The molecule has 0 radical (unpaired) electrons. The van der Waals surface area contributed by atoms with Crippen molar-refractivity contribution in [2.45, 2.75) is 46.3 Å². The molecule has 1 atom stereocenters. The van der Waals surface area contributed by atoms with Gasteiger partial charge in [-0.25, -0.2) is 9.78 Å². The average molecular weight is 551 g/mol. The topological polar surface area (TPSA) is 97.8 Å². The summed E-state index contributed by atoms with van der Waals surface area (Å²) in [5.41, 5.74) is 0.988. The molecule has 2 aromatic rings. The van der Waals surface area contributed by atoms with E-state index >= 15 is 0 Å². The number of nitrogens with zero attached hydrogens (tertiary/aromatic N) is 1. The molecule has 7 nitrogen and oxygen atoms in total. The molecule has 1 aromatic heterocycles. The molecule has 4 rings (SSSR count). The van der Waals surface area contributed by atoms with Gasteiger partial charge in [-0.2, -0.15) is 0 Å². The molecule has 192 valence electrons. The molecular formula is C26H28Cl2N2O5S. The third-order valence-corrected chi connectivity index (χ3v) is 6.72. The zero-order valence-corrected chi connectivity index (χ0v) is 22.8. The van der Waals surface area contributed by atoms with Gasteiger partial charge < -0.3 is 19.9 Å². The van der Waals surface area contributed by atoms with E-state index in [1.165, 1.54) is 21.8 Å². The van der Waals surface area contributed by atoms with Crippen LogP contribution in [-0.2, 0) is 9.53 Å². The molecular weight excluding hydrogens is 523 g/mol. The Balaban J connectivity index is 0.000000331. The van der Waals surface area contributed by atoms with Gasteiger partial charge in [-0.1, -0.05) is 35.3 Å². The van der Waals surface area contributed by atoms with Gasteiger partial charge in [0.15, 0.2) is 6.10 Å². The lowest BCUT2D eigenvalue weighted by Gasteiger charge is -2.16. The molecule has 0 saturated heterocycles. The average Bonchev–Trinajstić information content (AvgIpc) is 3.17. The number of nitrogens with one attached hydrogen (secondary N) is 1. The number of hydrogen-bond acceptors (Lipinski definition) is 6. The Morgan fingerprint density at radius 3 is 2.44 bits per heavy atom. The molecule has 1 unspecified atom stereocenters. The highest BCUT2D eigenvalue weighted by Crippen LogP contribution is 2.34. The van der Waals surface area contributed by atoms with Crippen molar-refractivity contribution in [3.8, 4) is 16.3 Å². The van der Waals surface area contributed by atoms with E-state index < -0.39 is 12.1 Å². The van der Waals surface area contributed by atoms with Gasteiger partial charge >= 0.3 is 5.97 Å². The Kier molecular flexibility index (Phi) is 9.73. The molecule has 1 aromatic carbocycles. The monoisotopic (exact) mass is 550 g/mol. The van der Waals surface area contributed by atoms with Gasteiger partial charge in [0, 0.05) is 33.6 Å². The summed E-state index contributed by atoms with van der Waals surface area (Å²) in [7, 11) is 0. The number of ether oxygens (including phenoxy) is 2.